The summed E-state index contributed by atoms with van der Waals surface area (Å²) < 4.78 is 28.9. The van der Waals surface area contributed by atoms with E-state index in [1.807, 2.05) is 74.5 Å². The van der Waals surface area contributed by atoms with Crippen LogP contribution in [0, 0.1) is 5.82 Å². The number of anilines is 2. The van der Waals surface area contributed by atoms with Gasteiger partial charge >= 0.3 is 0 Å². The third-order valence-electron chi connectivity index (χ3n) is 7.49. The lowest BCUT2D eigenvalue weighted by Crippen LogP contribution is -2.31. The van der Waals surface area contributed by atoms with Gasteiger partial charge in [0.15, 0.2) is 11.5 Å². The van der Waals surface area contributed by atoms with Crippen molar-refractivity contribution < 1.29 is 18.7 Å². The Bertz CT molecular complexity index is 1990. The van der Waals surface area contributed by atoms with E-state index in [4.69, 9.17) is 42.8 Å². The maximum atomic E-state index is 14.6. The van der Waals surface area contributed by atoms with Gasteiger partial charge in [-0.1, -0.05) is 77.4 Å². The predicted molar refractivity (Wildman–Crippen MR) is 192 cm³/mol. The van der Waals surface area contributed by atoms with E-state index in [0.717, 1.165) is 5.56 Å². The molecule has 4 aromatic carbocycles. The zero-order valence-corrected chi connectivity index (χ0v) is 29.7. The van der Waals surface area contributed by atoms with E-state index in [1.54, 1.807) is 16.8 Å². The highest BCUT2D eigenvalue weighted by Crippen LogP contribution is 2.44. The number of carbonyl (C=O) groups is 1. The number of benzene rings is 4. The number of halogens is 4. The summed E-state index contributed by atoms with van der Waals surface area (Å²) in [5, 5.41) is 12.6. The Kier molecular flexibility index (Phi) is 10.6. The van der Waals surface area contributed by atoms with E-state index in [-0.39, 0.29) is 23.1 Å². The van der Waals surface area contributed by atoms with Gasteiger partial charge < -0.3 is 20.1 Å². The minimum Gasteiger partial charge on any atom is -0.490 e. The number of fused-ring (bicyclic) bond motifs is 1. The predicted octanol–water partition coefficient (Wildman–Crippen LogP) is 9.68. The number of nitrogens with one attached hydrogen (secondary N) is 2. The van der Waals surface area contributed by atoms with Crippen molar-refractivity contribution in [1.29, 1.82) is 0 Å². The molecule has 6 rings (SSSR count). The average Bonchev–Trinajstić information content (AvgIpc) is 3.47. The molecule has 0 radical (unpaired) electrons. The molecule has 0 saturated heterocycles. The molecule has 2 N–H and O–H groups in total. The van der Waals surface area contributed by atoms with Crippen molar-refractivity contribution in [2.45, 2.75) is 37.4 Å². The van der Waals surface area contributed by atoms with E-state index in [1.165, 1.54) is 23.9 Å². The van der Waals surface area contributed by atoms with Crippen LogP contribution in [-0.2, 0) is 17.2 Å². The molecule has 13 heteroatoms. The van der Waals surface area contributed by atoms with E-state index < -0.39 is 11.9 Å². The number of thioether (sulfide) groups is 1. The van der Waals surface area contributed by atoms with Crippen molar-refractivity contribution in [3.8, 4) is 11.5 Å². The van der Waals surface area contributed by atoms with Crippen LogP contribution in [0.3, 0.4) is 0 Å². The molecule has 8 nitrogen and oxygen atoms in total. The summed E-state index contributed by atoms with van der Waals surface area (Å²) in [7, 11) is 0. The van der Waals surface area contributed by atoms with Crippen LogP contribution in [0.15, 0.2) is 106 Å². The molecule has 1 aliphatic heterocycles. The van der Waals surface area contributed by atoms with E-state index in [0.29, 0.717) is 67.0 Å². The molecule has 246 valence electrons. The molecule has 1 aromatic heterocycles. The Hall–Kier alpha value is -4.03. The first-order chi connectivity index (χ1) is 23.2. The zero-order valence-electron chi connectivity index (χ0n) is 25.8. The SMILES string of the molecule is CCOc1cc(C2C(C(=O)Nc3ccccc3)=C(C)Nc3nc(SCc4ccccc4Cl)nn32)cc(Br)c1OCc1c(F)cccc1Cl. The van der Waals surface area contributed by atoms with Crippen LogP contribution in [0.2, 0.25) is 10.0 Å². The number of hydrogen-bond acceptors (Lipinski definition) is 7. The molecule has 0 aliphatic carbocycles. The van der Waals surface area contributed by atoms with Crippen LogP contribution in [0.4, 0.5) is 16.0 Å². The molecule has 5 aromatic rings. The largest absolute Gasteiger partial charge is 0.490 e. The standard InChI is InChI=1S/C35H29BrCl2FN5O3S/c1-3-46-29-17-22(16-25(36)32(29)47-18-24-27(38)14-9-15-28(24)39)31-30(33(45)41-23-11-5-4-6-12-23)20(2)40-34-42-35(43-44(31)34)48-19-21-10-7-8-13-26(21)37/h4-17,31H,3,18-19H2,1-2H3,(H,41,45)(H,40,42,43). The minimum atomic E-state index is -0.710. The number of para-hydroxylation sites is 1. The Morgan fingerprint density at radius 3 is 2.54 bits per heavy atom. The second-order valence-electron chi connectivity index (χ2n) is 10.7. The van der Waals surface area contributed by atoms with Crippen molar-refractivity contribution in [3.63, 3.8) is 0 Å². The quantitative estimate of drug-likeness (QED) is 0.129. The lowest BCUT2D eigenvalue weighted by atomic mass is 9.94. The fourth-order valence-electron chi connectivity index (χ4n) is 5.24. The number of carbonyl (C=O) groups excluding carboxylic acids is 1. The summed E-state index contributed by atoms with van der Waals surface area (Å²) in [6.45, 7) is 3.88. The summed E-state index contributed by atoms with van der Waals surface area (Å²) in [4.78, 5) is 18.8. The van der Waals surface area contributed by atoms with Crippen LogP contribution in [0.25, 0.3) is 0 Å². The number of ether oxygens (including phenoxy) is 2. The van der Waals surface area contributed by atoms with Gasteiger partial charge in [0.05, 0.1) is 21.7 Å². The monoisotopic (exact) mass is 767 g/mol. The summed E-state index contributed by atoms with van der Waals surface area (Å²) in [5.41, 5.74) is 3.54. The van der Waals surface area contributed by atoms with E-state index in [9.17, 15) is 9.18 Å². The van der Waals surface area contributed by atoms with Crippen LogP contribution in [0.5, 0.6) is 11.5 Å². The summed E-state index contributed by atoms with van der Waals surface area (Å²) in [5.74, 6) is 0.993. The molecule has 0 fully saturated rings. The Balaban J connectivity index is 1.39. The van der Waals surface area contributed by atoms with Gasteiger partial charge in [-0.3, -0.25) is 4.79 Å². The summed E-state index contributed by atoms with van der Waals surface area (Å²) >= 11 is 17.7. The molecule has 1 aliphatic rings. The van der Waals surface area contributed by atoms with Crippen molar-refractivity contribution >= 4 is 68.4 Å². The minimum absolute atomic E-state index is 0.125. The van der Waals surface area contributed by atoms with Gasteiger partial charge in [-0.25, -0.2) is 9.07 Å². The summed E-state index contributed by atoms with van der Waals surface area (Å²) in [6, 6.07) is 24.2. The number of aromatic nitrogens is 3. The Morgan fingerprint density at radius 2 is 1.79 bits per heavy atom. The molecule has 48 heavy (non-hydrogen) atoms. The van der Waals surface area contributed by atoms with Crippen molar-refractivity contribution in [3.05, 3.63) is 133 Å². The number of hydrogen-bond donors (Lipinski definition) is 2. The molecule has 0 saturated carbocycles. The zero-order chi connectivity index (χ0) is 33.8. The highest BCUT2D eigenvalue weighted by atomic mass is 79.9. The molecular weight excluding hydrogens is 740 g/mol. The normalized spacial score (nSPS) is 13.9. The van der Waals surface area contributed by atoms with Crippen LogP contribution in [-0.4, -0.2) is 27.3 Å². The van der Waals surface area contributed by atoms with Gasteiger partial charge in [-0.05, 0) is 83.4 Å². The van der Waals surface area contributed by atoms with Crippen molar-refractivity contribution in [1.82, 2.24) is 14.8 Å². The molecule has 0 bridgehead atoms. The highest BCUT2D eigenvalue weighted by molar-refractivity contribution is 9.10. The van der Waals surface area contributed by atoms with E-state index in [2.05, 4.69) is 26.6 Å². The van der Waals surface area contributed by atoms with Crippen molar-refractivity contribution in [2.24, 2.45) is 0 Å². The second-order valence-corrected chi connectivity index (χ2v) is 13.3. The maximum Gasteiger partial charge on any atom is 0.255 e. The lowest BCUT2D eigenvalue weighted by Gasteiger charge is -2.29. The Morgan fingerprint density at radius 1 is 1.04 bits per heavy atom. The van der Waals surface area contributed by atoms with Crippen LogP contribution < -0.4 is 20.1 Å². The third kappa shape index (κ3) is 7.34. The third-order valence-corrected chi connectivity index (χ3v) is 9.69. The summed E-state index contributed by atoms with van der Waals surface area (Å²) in [6.07, 6.45) is 0. The molecule has 1 atom stereocenters. The fourth-order valence-corrected chi connectivity index (χ4v) is 7.14. The highest BCUT2D eigenvalue weighted by Gasteiger charge is 2.35. The fraction of sp³-hybridized carbons (Fsp3) is 0.171. The maximum absolute atomic E-state index is 14.6. The number of amides is 1. The van der Waals surface area contributed by atoms with Gasteiger partial charge in [0.25, 0.3) is 5.91 Å². The van der Waals surface area contributed by atoms with Gasteiger partial charge in [0.1, 0.15) is 18.5 Å². The van der Waals surface area contributed by atoms with Gasteiger partial charge in [0.2, 0.25) is 11.1 Å². The van der Waals surface area contributed by atoms with Crippen LogP contribution in [0.1, 0.15) is 36.6 Å². The molecular formula is C35H29BrCl2FN5O3S. The number of nitrogens with zero attached hydrogens (tertiary/aromatic N) is 3. The molecule has 2 heterocycles. The number of rotatable bonds is 11. The van der Waals surface area contributed by atoms with E-state index >= 15 is 0 Å². The topological polar surface area (TPSA) is 90.3 Å². The molecule has 0 spiro atoms. The van der Waals surface area contributed by atoms with Gasteiger partial charge in [-0.15, -0.1) is 5.10 Å². The number of allylic oxidation sites excluding steroid dienone is 1. The Labute approximate surface area is 299 Å². The first kappa shape index (κ1) is 33.9. The molecule has 1 unspecified atom stereocenters. The first-order valence-corrected chi connectivity index (χ1v) is 17.5. The smallest absolute Gasteiger partial charge is 0.255 e. The molecule has 1 amide bonds. The first-order valence-electron chi connectivity index (χ1n) is 14.9. The van der Waals surface area contributed by atoms with Gasteiger partial charge in [-0.2, -0.15) is 4.98 Å². The van der Waals surface area contributed by atoms with Crippen LogP contribution >= 0.6 is 50.9 Å². The van der Waals surface area contributed by atoms with Gasteiger partial charge in [0, 0.05) is 27.7 Å². The lowest BCUT2D eigenvalue weighted by molar-refractivity contribution is -0.113. The second kappa shape index (κ2) is 15.0. The van der Waals surface area contributed by atoms with Crippen molar-refractivity contribution in [2.75, 3.05) is 17.2 Å². The average molecular weight is 770 g/mol.